The SMILES string of the molecule is CC1(C)c2ccccc2-c2cc(N(c3ccc(-c4ccc5c(c4)-c4c(oc6ccccc46)CC5)cc3)c3ccccc3-c3ccc4ccccc4c3)ccc21. The van der Waals surface area contributed by atoms with E-state index < -0.39 is 0 Å². The van der Waals surface area contributed by atoms with E-state index in [1.54, 1.807) is 0 Å². The first-order valence-corrected chi connectivity index (χ1v) is 19.4. The van der Waals surface area contributed by atoms with Crippen LogP contribution in [-0.2, 0) is 18.3 Å². The second-order valence-electron chi connectivity index (χ2n) is 15.6. The van der Waals surface area contributed by atoms with Crippen molar-refractivity contribution in [3.05, 3.63) is 198 Å². The molecule has 2 aliphatic rings. The molecule has 1 heterocycles. The van der Waals surface area contributed by atoms with E-state index in [2.05, 4.69) is 195 Å². The minimum absolute atomic E-state index is 0.0572. The highest BCUT2D eigenvalue weighted by atomic mass is 16.3. The quantitative estimate of drug-likeness (QED) is 0.177. The third kappa shape index (κ3) is 5.02. The van der Waals surface area contributed by atoms with Gasteiger partial charge < -0.3 is 9.32 Å². The second-order valence-corrected chi connectivity index (χ2v) is 15.6. The predicted octanol–water partition coefficient (Wildman–Crippen LogP) is 14.5. The van der Waals surface area contributed by atoms with Gasteiger partial charge in [-0.1, -0.05) is 141 Å². The number of hydrogen-bond donors (Lipinski definition) is 0. The molecule has 9 aromatic rings. The van der Waals surface area contributed by atoms with E-state index in [4.69, 9.17) is 4.42 Å². The largest absolute Gasteiger partial charge is 0.460 e. The number of anilines is 3. The highest BCUT2D eigenvalue weighted by molar-refractivity contribution is 5.99. The van der Waals surface area contributed by atoms with Crippen LogP contribution in [0.3, 0.4) is 0 Å². The Morgan fingerprint density at radius 3 is 2.05 bits per heavy atom. The van der Waals surface area contributed by atoms with Gasteiger partial charge in [0.2, 0.25) is 0 Å². The summed E-state index contributed by atoms with van der Waals surface area (Å²) in [5.41, 5.74) is 18.4. The van der Waals surface area contributed by atoms with Crippen LogP contribution in [0.25, 0.3) is 66.2 Å². The Morgan fingerprint density at radius 2 is 1.16 bits per heavy atom. The molecule has 0 spiro atoms. The van der Waals surface area contributed by atoms with Crippen molar-refractivity contribution < 1.29 is 4.42 Å². The fourth-order valence-electron chi connectivity index (χ4n) is 9.37. The number of hydrogen-bond acceptors (Lipinski definition) is 2. The van der Waals surface area contributed by atoms with Crippen molar-refractivity contribution in [2.45, 2.75) is 32.1 Å². The van der Waals surface area contributed by atoms with Gasteiger partial charge in [-0.3, -0.25) is 0 Å². The van der Waals surface area contributed by atoms with Gasteiger partial charge in [0.25, 0.3) is 0 Å². The Bertz CT molecular complexity index is 2960. The molecule has 0 amide bonds. The molecule has 0 N–H and O–H groups in total. The van der Waals surface area contributed by atoms with E-state index in [1.807, 2.05) is 0 Å². The molecule has 0 fully saturated rings. The van der Waals surface area contributed by atoms with Crippen LogP contribution in [0.5, 0.6) is 0 Å². The van der Waals surface area contributed by atoms with Gasteiger partial charge in [0.15, 0.2) is 0 Å². The van der Waals surface area contributed by atoms with Crippen LogP contribution in [0.4, 0.5) is 17.1 Å². The molecule has 1 aromatic heterocycles. The molecule has 8 aromatic carbocycles. The van der Waals surface area contributed by atoms with Crippen molar-refractivity contribution in [3.8, 4) is 44.5 Å². The smallest absolute Gasteiger partial charge is 0.134 e. The monoisotopic (exact) mass is 705 g/mol. The first kappa shape index (κ1) is 31.8. The van der Waals surface area contributed by atoms with Crippen molar-refractivity contribution in [2.75, 3.05) is 4.90 Å². The van der Waals surface area contributed by atoms with Crippen molar-refractivity contribution in [1.82, 2.24) is 0 Å². The summed E-state index contributed by atoms with van der Waals surface area (Å²) in [6.45, 7) is 4.69. The zero-order chi connectivity index (χ0) is 36.7. The molecule has 11 rings (SSSR count). The van der Waals surface area contributed by atoms with E-state index in [0.717, 1.165) is 41.2 Å². The van der Waals surface area contributed by atoms with Gasteiger partial charge in [-0.05, 0) is 116 Å². The van der Waals surface area contributed by atoms with Gasteiger partial charge in [0, 0.05) is 39.7 Å². The molecule has 262 valence electrons. The van der Waals surface area contributed by atoms with Crippen LogP contribution in [0.15, 0.2) is 180 Å². The maximum atomic E-state index is 6.33. The molecule has 0 radical (unpaired) electrons. The molecule has 2 nitrogen and oxygen atoms in total. The van der Waals surface area contributed by atoms with Crippen LogP contribution in [-0.4, -0.2) is 0 Å². The minimum atomic E-state index is -0.0572. The molecule has 2 heteroatoms. The van der Waals surface area contributed by atoms with Crippen LogP contribution in [0.2, 0.25) is 0 Å². The summed E-state index contributed by atoms with van der Waals surface area (Å²) in [6.07, 6.45) is 1.93. The Kier molecular flexibility index (Phi) is 7.06. The highest BCUT2D eigenvalue weighted by Crippen LogP contribution is 2.51. The van der Waals surface area contributed by atoms with Crippen LogP contribution >= 0.6 is 0 Å². The first-order chi connectivity index (χ1) is 27.0. The van der Waals surface area contributed by atoms with E-state index in [1.165, 1.54) is 77.4 Å². The average Bonchev–Trinajstić information content (AvgIpc) is 3.73. The third-order valence-electron chi connectivity index (χ3n) is 12.2. The Balaban J connectivity index is 1.05. The zero-order valence-corrected chi connectivity index (χ0v) is 31.0. The normalized spacial score (nSPS) is 13.6. The molecule has 0 saturated heterocycles. The van der Waals surface area contributed by atoms with Gasteiger partial charge in [-0.25, -0.2) is 0 Å². The number of rotatable bonds is 5. The van der Waals surface area contributed by atoms with Gasteiger partial charge in [0.05, 0.1) is 5.69 Å². The predicted molar refractivity (Wildman–Crippen MR) is 230 cm³/mol. The fourth-order valence-corrected chi connectivity index (χ4v) is 9.37. The topological polar surface area (TPSA) is 16.4 Å². The second kappa shape index (κ2) is 12.2. The van der Waals surface area contributed by atoms with Gasteiger partial charge in [-0.15, -0.1) is 0 Å². The van der Waals surface area contributed by atoms with Crippen molar-refractivity contribution in [3.63, 3.8) is 0 Å². The van der Waals surface area contributed by atoms with Crippen LogP contribution < -0.4 is 4.90 Å². The van der Waals surface area contributed by atoms with Crippen molar-refractivity contribution >= 4 is 38.8 Å². The highest BCUT2D eigenvalue weighted by Gasteiger charge is 2.35. The molecule has 0 aliphatic heterocycles. The van der Waals surface area contributed by atoms with Crippen LogP contribution in [0.1, 0.15) is 36.3 Å². The number of fused-ring (bicyclic) bond motifs is 9. The summed E-state index contributed by atoms with van der Waals surface area (Å²) in [5.74, 6) is 1.10. The van der Waals surface area contributed by atoms with Gasteiger partial charge in [-0.2, -0.15) is 0 Å². The standard InChI is InChI=1S/C53H39NO/c1-53(2)47-16-8-5-14-43(47)46-33-41(28-29-48(46)53)54(49-17-9-6-13-42(49)39-22-19-34-11-3-4-12-37(34)31-39)40-26-23-35(24-27-40)38-21-20-36-25-30-51-52(45(36)32-38)44-15-7-10-18-50(44)55-51/h3-24,26-29,31-33H,25,30H2,1-2H3. The molecule has 0 atom stereocenters. The van der Waals surface area contributed by atoms with E-state index in [-0.39, 0.29) is 5.41 Å². The summed E-state index contributed by atoms with van der Waals surface area (Å²) in [5, 5.41) is 3.69. The molecular formula is C53H39NO. The summed E-state index contributed by atoms with van der Waals surface area (Å²) >= 11 is 0. The van der Waals surface area contributed by atoms with Gasteiger partial charge in [0.1, 0.15) is 11.3 Å². The zero-order valence-electron chi connectivity index (χ0n) is 31.0. The number of aryl methyl sites for hydroxylation is 2. The van der Waals surface area contributed by atoms with E-state index >= 15 is 0 Å². The lowest BCUT2D eigenvalue weighted by Crippen LogP contribution is -2.15. The van der Waals surface area contributed by atoms with E-state index in [9.17, 15) is 0 Å². The maximum Gasteiger partial charge on any atom is 0.134 e. The molecule has 0 unspecified atom stereocenters. The van der Waals surface area contributed by atoms with E-state index in [0.29, 0.717) is 0 Å². The minimum Gasteiger partial charge on any atom is -0.460 e. The Labute approximate surface area is 322 Å². The molecular weight excluding hydrogens is 667 g/mol. The molecule has 0 saturated carbocycles. The molecule has 55 heavy (non-hydrogen) atoms. The maximum absolute atomic E-state index is 6.33. The lowest BCUT2D eigenvalue weighted by atomic mass is 9.82. The first-order valence-electron chi connectivity index (χ1n) is 19.4. The summed E-state index contributed by atoms with van der Waals surface area (Å²) in [6, 6.07) is 64.8. The summed E-state index contributed by atoms with van der Waals surface area (Å²) < 4.78 is 6.33. The molecule has 0 bridgehead atoms. The average molecular weight is 706 g/mol. The lowest BCUT2D eigenvalue weighted by molar-refractivity contribution is 0.546. The number of benzene rings is 8. The number of para-hydroxylation sites is 2. The molecule has 2 aliphatic carbocycles. The summed E-state index contributed by atoms with van der Waals surface area (Å²) in [7, 11) is 0. The number of nitrogens with zero attached hydrogens (tertiary/aromatic N) is 1. The van der Waals surface area contributed by atoms with Crippen molar-refractivity contribution in [1.29, 1.82) is 0 Å². The van der Waals surface area contributed by atoms with Crippen molar-refractivity contribution in [2.24, 2.45) is 0 Å². The third-order valence-corrected chi connectivity index (χ3v) is 12.2. The Morgan fingerprint density at radius 1 is 0.473 bits per heavy atom. The Hall–Kier alpha value is -6.64. The van der Waals surface area contributed by atoms with Crippen LogP contribution in [0, 0.1) is 0 Å². The summed E-state index contributed by atoms with van der Waals surface area (Å²) in [4.78, 5) is 2.44. The fraction of sp³-hybridized carbons (Fsp3) is 0.0943. The number of furan rings is 1. The van der Waals surface area contributed by atoms with Gasteiger partial charge >= 0.3 is 0 Å². The lowest BCUT2D eigenvalue weighted by Gasteiger charge is -2.29.